The van der Waals surface area contributed by atoms with Crippen molar-refractivity contribution >= 4 is 23.3 Å². The van der Waals surface area contributed by atoms with E-state index in [1.165, 1.54) is 17.7 Å². The van der Waals surface area contributed by atoms with Gasteiger partial charge in [-0.3, -0.25) is 14.6 Å². The summed E-state index contributed by atoms with van der Waals surface area (Å²) in [6.07, 6.45) is 3.16. The fraction of sp³-hybridized carbons (Fsp3) is 0.0588. The van der Waals surface area contributed by atoms with Gasteiger partial charge in [-0.1, -0.05) is 18.2 Å². The van der Waals surface area contributed by atoms with Crippen molar-refractivity contribution in [3.8, 4) is 5.69 Å². The molecule has 0 aliphatic rings. The summed E-state index contributed by atoms with van der Waals surface area (Å²) < 4.78 is 1.51. The number of hydrogen-bond donors (Lipinski definition) is 2. The third-order valence-electron chi connectivity index (χ3n) is 3.17. The van der Waals surface area contributed by atoms with Crippen molar-refractivity contribution in [3.05, 3.63) is 66.6 Å². The summed E-state index contributed by atoms with van der Waals surface area (Å²) in [7, 11) is 0. The second kappa shape index (κ2) is 6.74. The Morgan fingerprint density at radius 3 is 2.50 bits per heavy atom. The summed E-state index contributed by atoms with van der Waals surface area (Å²) in [5.74, 6) is -0.208. The van der Waals surface area contributed by atoms with Crippen molar-refractivity contribution < 1.29 is 9.59 Å². The van der Waals surface area contributed by atoms with Crippen molar-refractivity contribution in [3.63, 3.8) is 0 Å². The average Bonchev–Trinajstić information content (AvgIpc) is 3.00. The Morgan fingerprint density at radius 2 is 1.83 bits per heavy atom. The van der Waals surface area contributed by atoms with E-state index in [1.807, 2.05) is 30.3 Å². The molecular weight excluding hydrogens is 306 g/mol. The number of benzene rings is 1. The zero-order valence-corrected chi connectivity index (χ0v) is 12.9. The van der Waals surface area contributed by atoms with Crippen LogP contribution in [0, 0.1) is 0 Å². The largest absolute Gasteiger partial charge is 0.319 e. The number of anilines is 2. The van der Waals surface area contributed by atoms with E-state index >= 15 is 0 Å². The van der Waals surface area contributed by atoms with Crippen LogP contribution in [0.4, 0.5) is 11.5 Å². The Bertz CT molecular complexity index is 859. The summed E-state index contributed by atoms with van der Waals surface area (Å²) in [5.41, 5.74) is 1.49. The predicted molar refractivity (Wildman–Crippen MR) is 90.1 cm³/mol. The minimum Gasteiger partial charge on any atom is -0.319 e. The Hall–Kier alpha value is -3.48. The molecule has 0 saturated carbocycles. The van der Waals surface area contributed by atoms with Crippen LogP contribution in [-0.2, 0) is 4.79 Å². The van der Waals surface area contributed by atoms with Crippen LogP contribution in [0.2, 0.25) is 0 Å². The van der Waals surface area contributed by atoms with E-state index < -0.39 is 0 Å². The van der Waals surface area contributed by atoms with Gasteiger partial charge in [-0.2, -0.15) is 5.10 Å². The molecule has 0 spiro atoms. The van der Waals surface area contributed by atoms with Gasteiger partial charge in [0.15, 0.2) is 5.69 Å². The number of para-hydroxylation sites is 1. The molecule has 0 atom stereocenters. The number of aromatic nitrogens is 3. The van der Waals surface area contributed by atoms with Crippen LogP contribution in [0.1, 0.15) is 17.4 Å². The topological polar surface area (TPSA) is 88.9 Å². The maximum atomic E-state index is 12.4. The van der Waals surface area contributed by atoms with E-state index in [9.17, 15) is 9.59 Å². The van der Waals surface area contributed by atoms with Crippen molar-refractivity contribution in [1.29, 1.82) is 0 Å². The van der Waals surface area contributed by atoms with Crippen molar-refractivity contribution in [2.75, 3.05) is 10.6 Å². The first-order valence-corrected chi connectivity index (χ1v) is 7.28. The molecule has 0 saturated heterocycles. The lowest BCUT2D eigenvalue weighted by Crippen LogP contribution is -2.13. The van der Waals surface area contributed by atoms with E-state index in [1.54, 1.807) is 24.5 Å². The van der Waals surface area contributed by atoms with Crippen molar-refractivity contribution in [1.82, 2.24) is 14.8 Å². The minimum atomic E-state index is -0.385. The van der Waals surface area contributed by atoms with Gasteiger partial charge in [0.25, 0.3) is 5.91 Å². The molecule has 0 unspecified atom stereocenters. The summed E-state index contributed by atoms with van der Waals surface area (Å²) >= 11 is 0. The van der Waals surface area contributed by atoms with Crippen LogP contribution in [0.5, 0.6) is 0 Å². The first-order valence-electron chi connectivity index (χ1n) is 7.28. The highest BCUT2D eigenvalue weighted by Crippen LogP contribution is 2.18. The van der Waals surface area contributed by atoms with Crippen LogP contribution in [0.15, 0.2) is 60.9 Å². The van der Waals surface area contributed by atoms with Gasteiger partial charge in [0.2, 0.25) is 5.91 Å². The quantitative estimate of drug-likeness (QED) is 0.772. The summed E-state index contributed by atoms with van der Waals surface area (Å²) in [6, 6.07) is 14.2. The van der Waals surface area contributed by atoms with Gasteiger partial charge in [0.1, 0.15) is 5.82 Å². The van der Waals surface area contributed by atoms with E-state index in [-0.39, 0.29) is 17.5 Å². The number of carbonyl (C=O) groups is 2. The van der Waals surface area contributed by atoms with Crippen molar-refractivity contribution in [2.45, 2.75) is 6.92 Å². The zero-order chi connectivity index (χ0) is 16.9. The van der Waals surface area contributed by atoms with Crippen LogP contribution >= 0.6 is 0 Å². The third-order valence-corrected chi connectivity index (χ3v) is 3.17. The second-order valence-electron chi connectivity index (χ2n) is 5.04. The zero-order valence-electron chi connectivity index (χ0n) is 12.9. The van der Waals surface area contributed by atoms with E-state index in [0.29, 0.717) is 11.5 Å². The summed E-state index contributed by atoms with van der Waals surface area (Å²) in [6.45, 7) is 1.40. The molecule has 24 heavy (non-hydrogen) atoms. The highest BCUT2D eigenvalue weighted by molar-refractivity contribution is 6.03. The van der Waals surface area contributed by atoms with Crippen molar-refractivity contribution in [2.24, 2.45) is 0 Å². The smallest absolute Gasteiger partial charge is 0.276 e. The molecule has 2 amide bonds. The Morgan fingerprint density at radius 1 is 1.04 bits per heavy atom. The average molecular weight is 321 g/mol. The lowest BCUT2D eigenvalue weighted by atomic mass is 10.3. The molecule has 120 valence electrons. The molecule has 0 fully saturated rings. The number of pyridine rings is 1. The molecule has 7 nitrogen and oxygen atoms in total. The van der Waals surface area contributed by atoms with Gasteiger partial charge in [0.05, 0.1) is 17.6 Å². The Balaban J connectivity index is 1.93. The highest BCUT2D eigenvalue weighted by atomic mass is 16.2. The molecule has 2 aromatic heterocycles. The number of rotatable bonds is 4. The number of hydrogen-bond acceptors (Lipinski definition) is 4. The summed E-state index contributed by atoms with van der Waals surface area (Å²) in [4.78, 5) is 27.7. The number of carbonyl (C=O) groups excluding carboxylic acids is 2. The van der Waals surface area contributed by atoms with E-state index in [4.69, 9.17) is 0 Å². The van der Waals surface area contributed by atoms with Gasteiger partial charge in [0, 0.05) is 19.2 Å². The molecule has 1 aromatic carbocycles. The van der Waals surface area contributed by atoms with E-state index in [0.717, 1.165) is 5.69 Å². The standard InChI is InChI=1S/C17H15N5O2/c1-12(23)19-16-10-15(17(24)20-13-6-5-9-18-11-13)21-22(16)14-7-3-2-4-8-14/h2-11H,1H3,(H,19,23)(H,20,24). The lowest BCUT2D eigenvalue weighted by molar-refractivity contribution is -0.114. The number of nitrogens with one attached hydrogen (secondary N) is 2. The SMILES string of the molecule is CC(=O)Nc1cc(C(=O)Nc2cccnc2)nn1-c1ccccc1. The predicted octanol–water partition coefficient (Wildman–Crippen LogP) is 2.48. The fourth-order valence-corrected chi connectivity index (χ4v) is 2.16. The molecule has 2 heterocycles. The monoisotopic (exact) mass is 321 g/mol. The Kier molecular flexibility index (Phi) is 4.33. The summed E-state index contributed by atoms with van der Waals surface area (Å²) in [5, 5.41) is 9.69. The minimum absolute atomic E-state index is 0.187. The van der Waals surface area contributed by atoms with E-state index in [2.05, 4.69) is 20.7 Å². The molecule has 7 heteroatoms. The van der Waals surface area contributed by atoms with Crippen LogP contribution in [0.25, 0.3) is 5.69 Å². The normalized spacial score (nSPS) is 10.2. The Labute approximate surface area is 138 Å². The first kappa shape index (κ1) is 15.4. The number of nitrogens with zero attached hydrogens (tertiary/aromatic N) is 3. The molecule has 0 aliphatic carbocycles. The van der Waals surface area contributed by atoms with Gasteiger partial charge in [-0.25, -0.2) is 4.68 Å². The molecule has 3 aromatic rings. The number of amides is 2. The van der Waals surface area contributed by atoms with Gasteiger partial charge in [-0.05, 0) is 24.3 Å². The van der Waals surface area contributed by atoms with Gasteiger partial charge >= 0.3 is 0 Å². The molecule has 0 bridgehead atoms. The molecule has 0 aliphatic heterocycles. The van der Waals surface area contributed by atoms with Crippen LogP contribution in [-0.4, -0.2) is 26.6 Å². The highest BCUT2D eigenvalue weighted by Gasteiger charge is 2.16. The first-order chi connectivity index (χ1) is 11.6. The van der Waals surface area contributed by atoms with Gasteiger partial charge in [-0.15, -0.1) is 0 Å². The van der Waals surface area contributed by atoms with Crippen LogP contribution in [0.3, 0.4) is 0 Å². The molecule has 0 radical (unpaired) electrons. The van der Waals surface area contributed by atoms with Gasteiger partial charge < -0.3 is 10.6 Å². The third kappa shape index (κ3) is 3.46. The van der Waals surface area contributed by atoms with Crippen LogP contribution < -0.4 is 10.6 Å². The molecule has 3 rings (SSSR count). The maximum Gasteiger partial charge on any atom is 0.276 e. The fourth-order valence-electron chi connectivity index (χ4n) is 2.16. The molecular formula is C17H15N5O2. The second-order valence-corrected chi connectivity index (χ2v) is 5.04. The maximum absolute atomic E-state index is 12.4. The lowest BCUT2D eigenvalue weighted by Gasteiger charge is -2.06. The molecule has 2 N–H and O–H groups in total.